The minimum atomic E-state index is -1.10. The Morgan fingerprint density at radius 1 is 1.25 bits per heavy atom. The van der Waals surface area contributed by atoms with Gasteiger partial charge in [0.25, 0.3) is 5.91 Å². The summed E-state index contributed by atoms with van der Waals surface area (Å²) in [5, 5.41) is 10.2. The smallest absolute Gasteiger partial charge is 0.256 e. The van der Waals surface area contributed by atoms with E-state index >= 15 is 0 Å². The van der Waals surface area contributed by atoms with Gasteiger partial charge in [-0.15, -0.1) is 0 Å². The summed E-state index contributed by atoms with van der Waals surface area (Å²) >= 11 is 0. The highest BCUT2D eigenvalue weighted by molar-refractivity contribution is 5.82. The van der Waals surface area contributed by atoms with Crippen LogP contribution in [0.5, 0.6) is 0 Å². The maximum atomic E-state index is 12.5. The van der Waals surface area contributed by atoms with Gasteiger partial charge in [0.1, 0.15) is 5.76 Å². The first-order valence-electron chi connectivity index (χ1n) is 6.84. The van der Waals surface area contributed by atoms with E-state index in [9.17, 15) is 9.90 Å². The summed E-state index contributed by atoms with van der Waals surface area (Å²) in [7, 11) is 0. The van der Waals surface area contributed by atoms with Crippen molar-refractivity contribution in [1.29, 1.82) is 0 Å². The number of amides is 1. The van der Waals surface area contributed by atoms with Crippen LogP contribution in [0.25, 0.3) is 0 Å². The van der Waals surface area contributed by atoms with Crippen molar-refractivity contribution in [2.75, 3.05) is 6.54 Å². The molecule has 1 saturated heterocycles. The molecule has 1 unspecified atom stereocenters. The molecular formula is C16H17NO3. The molecule has 2 aromatic rings. The number of carbonyl (C=O) groups is 1. The van der Waals surface area contributed by atoms with Gasteiger partial charge in [0.15, 0.2) is 6.10 Å². The highest BCUT2D eigenvalue weighted by Gasteiger charge is 2.35. The van der Waals surface area contributed by atoms with Gasteiger partial charge in [-0.05, 0) is 30.5 Å². The number of aliphatic hydroxyl groups is 1. The summed E-state index contributed by atoms with van der Waals surface area (Å²) < 4.78 is 5.41. The van der Waals surface area contributed by atoms with Crippen molar-refractivity contribution in [3.05, 3.63) is 60.1 Å². The van der Waals surface area contributed by atoms with Crippen molar-refractivity contribution in [3.8, 4) is 0 Å². The van der Waals surface area contributed by atoms with Gasteiger partial charge in [-0.25, -0.2) is 0 Å². The first-order chi connectivity index (χ1) is 9.77. The average Bonchev–Trinajstić information content (AvgIpc) is 3.16. The zero-order chi connectivity index (χ0) is 13.9. The fourth-order valence-electron chi connectivity index (χ4n) is 2.74. The lowest BCUT2D eigenvalue weighted by molar-refractivity contribution is -0.141. The second-order valence-electron chi connectivity index (χ2n) is 5.02. The highest BCUT2D eigenvalue weighted by Crippen LogP contribution is 2.34. The van der Waals surface area contributed by atoms with Crippen molar-refractivity contribution in [2.45, 2.75) is 25.0 Å². The van der Waals surface area contributed by atoms with E-state index < -0.39 is 6.10 Å². The molecule has 0 spiro atoms. The lowest BCUT2D eigenvalue weighted by Gasteiger charge is -2.25. The summed E-state index contributed by atoms with van der Waals surface area (Å²) in [6, 6.07) is 12.7. The normalized spacial score (nSPS) is 20.1. The molecule has 104 valence electrons. The van der Waals surface area contributed by atoms with E-state index in [1.165, 1.54) is 0 Å². The molecule has 1 amide bonds. The SMILES string of the molecule is O=C([C@H](O)c1ccccc1)N1CCCC1c1ccco1. The lowest BCUT2D eigenvalue weighted by atomic mass is 10.1. The first kappa shape index (κ1) is 12.9. The maximum absolute atomic E-state index is 12.5. The number of nitrogens with zero attached hydrogens (tertiary/aromatic N) is 1. The number of likely N-dealkylation sites (tertiary alicyclic amines) is 1. The van der Waals surface area contributed by atoms with Crippen LogP contribution in [-0.2, 0) is 4.79 Å². The van der Waals surface area contributed by atoms with Gasteiger partial charge < -0.3 is 14.4 Å². The molecular weight excluding hydrogens is 254 g/mol. The Kier molecular flexibility index (Phi) is 3.56. The zero-order valence-corrected chi connectivity index (χ0v) is 11.1. The molecule has 1 aliphatic rings. The molecule has 20 heavy (non-hydrogen) atoms. The van der Waals surface area contributed by atoms with Crippen molar-refractivity contribution < 1.29 is 14.3 Å². The van der Waals surface area contributed by atoms with Crippen LogP contribution in [0.1, 0.15) is 36.3 Å². The number of carbonyl (C=O) groups excluding carboxylic acids is 1. The van der Waals surface area contributed by atoms with E-state index in [0.717, 1.165) is 18.6 Å². The zero-order valence-electron chi connectivity index (χ0n) is 11.1. The van der Waals surface area contributed by atoms with Crippen LogP contribution in [0.4, 0.5) is 0 Å². The molecule has 1 N–H and O–H groups in total. The minimum Gasteiger partial charge on any atom is -0.467 e. The Balaban J connectivity index is 1.79. The van der Waals surface area contributed by atoms with Crippen LogP contribution in [0.2, 0.25) is 0 Å². The quantitative estimate of drug-likeness (QED) is 0.933. The average molecular weight is 271 g/mol. The van der Waals surface area contributed by atoms with Gasteiger partial charge >= 0.3 is 0 Å². The summed E-state index contributed by atoms with van der Waals surface area (Å²) in [6.07, 6.45) is 2.32. The van der Waals surface area contributed by atoms with Gasteiger partial charge in [0, 0.05) is 6.54 Å². The predicted octanol–water partition coefficient (Wildman–Crippen LogP) is 2.68. The van der Waals surface area contributed by atoms with E-state index in [4.69, 9.17) is 4.42 Å². The number of hydrogen-bond acceptors (Lipinski definition) is 3. The third kappa shape index (κ3) is 2.34. The van der Waals surface area contributed by atoms with Crippen LogP contribution >= 0.6 is 0 Å². The van der Waals surface area contributed by atoms with Crippen molar-refractivity contribution >= 4 is 5.91 Å². The minimum absolute atomic E-state index is 0.0594. The Hall–Kier alpha value is -2.07. The monoisotopic (exact) mass is 271 g/mol. The third-order valence-corrected chi connectivity index (χ3v) is 3.76. The second-order valence-corrected chi connectivity index (χ2v) is 5.02. The number of rotatable bonds is 3. The number of aliphatic hydroxyl groups excluding tert-OH is 1. The molecule has 1 aliphatic heterocycles. The molecule has 1 aromatic carbocycles. The molecule has 0 bridgehead atoms. The van der Waals surface area contributed by atoms with E-state index in [-0.39, 0.29) is 11.9 Å². The van der Waals surface area contributed by atoms with Gasteiger partial charge in [0.2, 0.25) is 0 Å². The predicted molar refractivity (Wildman–Crippen MR) is 73.8 cm³/mol. The standard InChI is InChI=1S/C16H17NO3/c18-15(12-6-2-1-3-7-12)16(19)17-10-4-8-13(17)14-9-5-11-20-14/h1-3,5-7,9,11,13,15,18H,4,8,10H2/t13?,15-/m1/s1. The van der Waals surface area contributed by atoms with Crippen LogP contribution in [0.15, 0.2) is 53.1 Å². The fourth-order valence-corrected chi connectivity index (χ4v) is 2.74. The molecule has 1 aromatic heterocycles. The Morgan fingerprint density at radius 3 is 2.75 bits per heavy atom. The second kappa shape index (κ2) is 5.51. The topological polar surface area (TPSA) is 53.7 Å². The molecule has 0 radical (unpaired) electrons. The highest BCUT2D eigenvalue weighted by atomic mass is 16.3. The summed E-state index contributed by atoms with van der Waals surface area (Å²) in [5.74, 6) is 0.534. The van der Waals surface area contributed by atoms with Gasteiger partial charge in [-0.2, -0.15) is 0 Å². The Morgan fingerprint density at radius 2 is 2.05 bits per heavy atom. The first-order valence-corrected chi connectivity index (χ1v) is 6.84. The van der Waals surface area contributed by atoms with Gasteiger partial charge in [-0.3, -0.25) is 4.79 Å². The Labute approximate surface area is 117 Å². The molecule has 0 aliphatic carbocycles. The number of hydrogen-bond donors (Lipinski definition) is 1. The molecule has 1 fully saturated rings. The van der Waals surface area contributed by atoms with E-state index in [0.29, 0.717) is 12.1 Å². The largest absolute Gasteiger partial charge is 0.467 e. The van der Waals surface area contributed by atoms with Crippen molar-refractivity contribution in [2.24, 2.45) is 0 Å². The van der Waals surface area contributed by atoms with Crippen LogP contribution in [-0.4, -0.2) is 22.5 Å². The summed E-state index contributed by atoms with van der Waals surface area (Å²) in [6.45, 7) is 0.661. The number of benzene rings is 1. The fraction of sp³-hybridized carbons (Fsp3) is 0.312. The molecule has 4 nitrogen and oxygen atoms in total. The van der Waals surface area contributed by atoms with Crippen LogP contribution < -0.4 is 0 Å². The third-order valence-electron chi connectivity index (χ3n) is 3.76. The van der Waals surface area contributed by atoms with Gasteiger partial charge in [-0.1, -0.05) is 30.3 Å². The molecule has 3 rings (SSSR count). The van der Waals surface area contributed by atoms with Crippen LogP contribution in [0, 0.1) is 0 Å². The van der Waals surface area contributed by atoms with E-state index in [1.807, 2.05) is 30.3 Å². The molecule has 0 saturated carbocycles. The maximum Gasteiger partial charge on any atom is 0.256 e. The lowest BCUT2D eigenvalue weighted by Crippen LogP contribution is -2.34. The molecule has 4 heteroatoms. The van der Waals surface area contributed by atoms with Crippen molar-refractivity contribution in [3.63, 3.8) is 0 Å². The summed E-state index contributed by atoms with van der Waals surface area (Å²) in [5.41, 5.74) is 0.627. The van der Waals surface area contributed by atoms with E-state index in [2.05, 4.69) is 0 Å². The van der Waals surface area contributed by atoms with Crippen LogP contribution in [0.3, 0.4) is 0 Å². The molecule has 2 heterocycles. The summed E-state index contributed by atoms with van der Waals surface area (Å²) in [4.78, 5) is 14.2. The Bertz CT molecular complexity index is 565. The number of furan rings is 1. The van der Waals surface area contributed by atoms with Gasteiger partial charge in [0.05, 0.1) is 12.3 Å². The molecule has 2 atom stereocenters. The van der Waals surface area contributed by atoms with E-state index in [1.54, 1.807) is 23.3 Å². The van der Waals surface area contributed by atoms with Crippen molar-refractivity contribution in [1.82, 2.24) is 4.90 Å².